The lowest BCUT2D eigenvalue weighted by Gasteiger charge is -2.28. The van der Waals surface area contributed by atoms with E-state index in [1.807, 2.05) is 13.8 Å². The van der Waals surface area contributed by atoms with Crippen LogP contribution >= 0.6 is 0 Å². The molecule has 0 aromatic carbocycles. The summed E-state index contributed by atoms with van der Waals surface area (Å²) in [5, 5.41) is 9.05. The number of nitrogens with one attached hydrogen (secondary N) is 1. The van der Waals surface area contributed by atoms with Crippen molar-refractivity contribution in [1.29, 1.82) is 0 Å². The molecule has 0 spiro atoms. The quantitative estimate of drug-likeness (QED) is 0.747. The van der Waals surface area contributed by atoms with E-state index in [-0.39, 0.29) is 24.3 Å². The molecule has 4 nitrogen and oxygen atoms in total. The third kappa shape index (κ3) is 5.24. The maximum absolute atomic E-state index is 12.0. The molecule has 1 saturated carbocycles. The first-order valence-electron chi connectivity index (χ1n) is 7.11. The number of hydrogen-bond acceptors (Lipinski definition) is 3. The highest BCUT2D eigenvalue weighted by Crippen LogP contribution is 2.24. The first-order chi connectivity index (χ1) is 8.50. The molecule has 1 rings (SSSR count). The van der Waals surface area contributed by atoms with Crippen LogP contribution in [0.5, 0.6) is 0 Å². The van der Waals surface area contributed by atoms with Gasteiger partial charge in [0.05, 0.1) is 5.75 Å². The topological polar surface area (TPSA) is 66.4 Å². The summed E-state index contributed by atoms with van der Waals surface area (Å²) in [4.78, 5) is 0. The lowest BCUT2D eigenvalue weighted by molar-refractivity contribution is 0.180. The van der Waals surface area contributed by atoms with Crippen LogP contribution in [0, 0.1) is 11.8 Å². The molecule has 5 heteroatoms. The summed E-state index contributed by atoms with van der Waals surface area (Å²) in [6.07, 6.45) is 5.38. The first kappa shape index (κ1) is 15.9. The predicted molar refractivity (Wildman–Crippen MR) is 73.8 cm³/mol. The summed E-state index contributed by atoms with van der Waals surface area (Å²) in [5.41, 5.74) is 0. The van der Waals surface area contributed by atoms with E-state index in [4.69, 9.17) is 5.11 Å². The fraction of sp³-hybridized carbons (Fsp3) is 1.00. The minimum Gasteiger partial charge on any atom is -0.396 e. The van der Waals surface area contributed by atoms with Gasteiger partial charge in [0, 0.05) is 12.6 Å². The maximum Gasteiger partial charge on any atom is 0.212 e. The lowest BCUT2D eigenvalue weighted by Crippen LogP contribution is -2.40. The van der Waals surface area contributed by atoms with Crippen molar-refractivity contribution in [2.75, 3.05) is 12.4 Å². The highest BCUT2D eigenvalue weighted by atomic mass is 32.2. The summed E-state index contributed by atoms with van der Waals surface area (Å²) in [6.45, 7) is 4.31. The average molecular weight is 277 g/mol. The molecule has 0 heterocycles. The molecule has 1 fully saturated rings. The van der Waals surface area contributed by atoms with Crippen LogP contribution < -0.4 is 4.72 Å². The molecule has 1 aliphatic rings. The monoisotopic (exact) mass is 277 g/mol. The Labute approximate surface area is 111 Å². The normalized spacial score (nSPS) is 25.6. The van der Waals surface area contributed by atoms with Crippen molar-refractivity contribution in [1.82, 2.24) is 4.72 Å². The molecule has 0 radical (unpaired) electrons. The summed E-state index contributed by atoms with van der Waals surface area (Å²) in [6, 6.07) is 0.0761. The Hall–Kier alpha value is -0.130. The van der Waals surface area contributed by atoms with Gasteiger partial charge in [0.25, 0.3) is 0 Å². The van der Waals surface area contributed by atoms with Gasteiger partial charge in [-0.2, -0.15) is 0 Å². The van der Waals surface area contributed by atoms with Crippen LogP contribution in [0.25, 0.3) is 0 Å². The van der Waals surface area contributed by atoms with E-state index >= 15 is 0 Å². The molecule has 2 N–H and O–H groups in total. The van der Waals surface area contributed by atoms with Crippen LogP contribution in [0.3, 0.4) is 0 Å². The van der Waals surface area contributed by atoms with Gasteiger partial charge in [-0.3, -0.25) is 0 Å². The average Bonchev–Trinajstić information content (AvgIpc) is 2.36. The zero-order valence-electron chi connectivity index (χ0n) is 11.6. The Balaban J connectivity index is 2.41. The molecular weight excluding hydrogens is 250 g/mol. The number of sulfonamides is 1. The minimum absolute atomic E-state index is 0.0761. The van der Waals surface area contributed by atoms with Gasteiger partial charge >= 0.3 is 0 Å². The van der Waals surface area contributed by atoms with Crippen LogP contribution in [0.4, 0.5) is 0 Å². The van der Waals surface area contributed by atoms with Crippen LogP contribution in [-0.2, 0) is 10.0 Å². The van der Waals surface area contributed by atoms with E-state index in [9.17, 15) is 8.42 Å². The Morgan fingerprint density at radius 1 is 1.17 bits per heavy atom. The second-order valence-corrected chi connectivity index (χ2v) is 7.28. The van der Waals surface area contributed by atoms with Gasteiger partial charge < -0.3 is 5.11 Å². The van der Waals surface area contributed by atoms with Gasteiger partial charge in [0.1, 0.15) is 0 Å². The molecule has 18 heavy (non-hydrogen) atoms. The fourth-order valence-corrected chi connectivity index (χ4v) is 4.53. The van der Waals surface area contributed by atoms with Gasteiger partial charge in [-0.15, -0.1) is 0 Å². The largest absolute Gasteiger partial charge is 0.396 e. The predicted octanol–water partition coefficient (Wildman–Crippen LogP) is 1.89. The van der Waals surface area contributed by atoms with Crippen molar-refractivity contribution in [3.63, 3.8) is 0 Å². The number of aliphatic hydroxyl groups is 1. The maximum atomic E-state index is 12.0. The molecule has 0 aliphatic heterocycles. The molecule has 0 amide bonds. The van der Waals surface area contributed by atoms with Crippen molar-refractivity contribution in [3.8, 4) is 0 Å². The van der Waals surface area contributed by atoms with Crippen molar-refractivity contribution in [2.24, 2.45) is 11.8 Å². The van der Waals surface area contributed by atoms with Gasteiger partial charge in [-0.1, -0.05) is 26.7 Å². The molecule has 0 aromatic heterocycles. The molecule has 0 unspecified atom stereocenters. The van der Waals surface area contributed by atoms with Crippen molar-refractivity contribution in [2.45, 2.75) is 58.4 Å². The Morgan fingerprint density at radius 2 is 1.72 bits per heavy atom. The van der Waals surface area contributed by atoms with Crippen LogP contribution in [0.1, 0.15) is 52.4 Å². The Morgan fingerprint density at radius 3 is 2.17 bits per heavy atom. The molecule has 0 atom stereocenters. The van der Waals surface area contributed by atoms with Crippen molar-refractivity contribution >= 4 is 10.0 Å². The minimum atomic E-state index is -3.14. The molecule has 0 saturated heterocycles. The third-order valence-electron chi connectivity index (χ3n) is 4.06. The second-order valence-electron chi connectivity index (χ2n) is 5.48. The fourth-order valence-electron chi connectivity index (χ4n) is 2.60. The molecular formula is C13H27NO3S. The van der Waals surface area contributed by atoms with Crippen LogP contribution in [0.2, 0.25) is 0 Å². The van der Waals surface area contributed by atoms with Crippen LogP contribution in [0.15, 0.2) is 0 Å². The Kier molecular flexibility index (Phi) is 6.60. The molecule has 108 valence electrons. The highest BCUT2D eigenvalue weighted by Gasteiger charge is 2.25. The lowest BCUT2D eigenvalue weighted by atomic mass is 9.87. The third-order valence-corrected chi connectivity index (χ3v) is 5.66. The molecule has 0 bridgehead atoms. The van der Waals surface area contributed by atoms with Gasteiger partial charge in [-0.25, -0.2) is 13.1 Å². The summed E-state index contributed by atoms with van der Waals surface area (Å²) < 4.78 is 26.9. The van der Waals surface area contributed by atoms with E-state index in [0.29, 0.717) is 5.92 Å². The second kappa shape index (κ2) is 7.46. The molecule has 0 aromatic rings. The van der Waals surface area contributed by atoms with E-state index in [2.05, 4.69) is 4.72 Å². The van der Waals surface area contributed by atoms with Gasteiger partial charge in [0.15, 0.2) is 0 Å². The van der Waals surface area contributed by atoms with E-state index in [0.717, 1.165) is 38.5 Å². The van der Waals surface area contributed by atoms with E-state index in [1.54, 1.807) is 0 Å². The van der Waals surface area contributed by atoms with E-state index in [1.165, 1.54) is 0 Å². The summed E-state index contributed by atoms with van der Waals surface area (Å²) >= 11 is 0. The summed E-state index contributed by atoms with van der Waals surface area (Å²) in [7, 11) is -3.14. The van der Waals surface area contributed by atoms with Gasteiger partial charge in [-0.05, 0) is 37.5 Å². The number of hydrogen-bond donors (Lipinski definition) is 2. The zero-order chi connectivity index (χ0) is 13.6. The van der Waals surface area contributed by atoms with Crippen molar-refractivity contribution in [3.05, 3.63) is 0 Å². The standard InChI is InChI=1S/C13H27NO3S/c1-3-11(4-2)10-18(16,17)14-13-7-5-12(9-15)6-8-13/h11-15H,3-10H2,1-2H3. The van der Waals surface area contributed by atoms with E-state index < -0.39 is 10.0 Å². The SMILES string of the molecule is CCC(CC)CS(=O)(=O)NC1CCC(CO)CC1. The van der Waals surface area contributed by atoms with Crippen molar-refractivity contribution < 1.29 is 13.5 Å². The molecule has 1 aliphatic carbocycles. The highest BCUT2D eigenvalue weighted by molar-refractivity contribution is 7.89. The summed E-state index contributed by atoms with van der Waals surface area (Å²) in [5.74, 6) is 0.876. The smallest absolute Gasteiger partial charge is 0.212 e. The Bertz CT molecular complexity index is 317. The van der Waals surface area contributed by atoms with Gasteiger partial charge in [0.2, 0.25) is 10.0 Å². The van der Waals surface area contributed by atoms with Crippen LogP contribution in [-0.4, -0.2) is 31.9 Å². The number of rotatable bonds is 7. The zero-order valence-corrected chi connectivity index (χ0v) is 12.4. The number of aliphatic hydroxyl groups excluding tert-OH is 1. The first-order valence-corrected chi connectivity index (χ1v) is 8.76.